The molecule has 1 amide bonds. The van der Waals surface area contributed by atoms with E-state index in [0.29, 0.717) is 11.4 Å². The summed E-state index contributed by atoms with van der Waals surface area (Å²) < 4.78 is 36.9. The highest BCUT2D eigenvalue weighted by Crippen LogP contribution is 2.21. The van der Waals surface area contributed by atoms with Gasteiger partial charge in [0.15, 0.2) is 9.84 Å². The molecule has 1 saturated heterocycles. The van der Waals surface area contributed by atoms with Gasteiger partial charge in [-0.1, -0.05) is 35.9 Å². The highest BCUT2D eigenvalue weighted by Gasteiger charge is 2.34. The van der Waals surface area contributed by atoms with E-state index in [1.165, 1.54) is 18.2 Å². The molecule has 2 aromatic carbocycles. The Hall–Kier alpha value is -2.18. The maximum absolute atomic E-state index is 13.1. The smallest absolute Gasteiger partial charge is 0.247 e. The van der Waals surface area contributed by atoms with Crippen LogP contribution < -0.4 is 0 Å². The van der Waals surface area contributed by atoms with Crippen LogP contribution in [-0.2, 0) is 21.2 Å². The molecule has 0 saturated carbocycles. The lowest BCUT2D eigenvalue weighted by molar-refractivity contribution is -0.128. The van der Waals surface area contributed by atoms with Gasteiger partial charge in [0, 0.05) is 23.7 Å². The largest absolute Gasteiger partial charge is 0.331 e. The second-order valence-corrected chi connectivity index (χ2v) is 9.20. The lowest BCUT2D eigenvalue weighted by Crippen LogP contribution is -2.39. The fourth-order valence-corrected chi connectivity index (χ4v) is 4.89. The van der Waals surface area contributed by atoms with Crippen LogP contribution in [0.5, 0.6) is 0 Å². The molecular weight excluding hydrogens is 389 g/mol. The van der Waals surface area contributed by atoms with Gasteiger partial charge in [-0.15, -0.1) is 0 Å². The number of hydrogen-bond donors (Lipinski definition) is 0. The first kappa shape index (κ1) is 19.6. The minimum absolute atomic E-state index is 0.0469. The third kappa shape index (κ3) is 5.40. The van der Waals surface area contributed by atoms with Crippen LogP contribution in [0.4, 0.5) is 4.39 Å². The van der Waals surface area contributed by atoms with Crippen molar-refractivity contribution in [3.05, 3.63) is 76.6 Å². The van der Waals surface area contributed by atoms with Crippen molar-refractivity contribution in [3.8, 4) is 0 Å². The maximum atomic E-state index is 13.1. The monoisotopic (exact) mass is 407 g/mol. The Kier molecular flexibility index (Phi) is 5.97. The fraction of sp³-hybridized carbons (Fsp3) is 0.250. The molecule has 27 heavy (non-hydrogen) atoms. The molecule has 142 valence electrons. The summed E-state index contributed by atoms with van der Waals surface area (Å²) in [6, 6.07) is 12.5. The number of benzene rings is 2. The van der Waals surface area contributed by atoms with Crippen LogP contribution in [0.1, 0.15) is 17.5 Å². The van der Waals surface area contributed by atoms with Gasteiger partial charge in [0.25, 0.3) is 0 Å². The molecule has 7 heteroatoms. The molecule has 0 spiro atoms. The van der Waals surface area contributed by atoms with Crippen molar-refractivity contribution < 1.29 is 17.6 Å². The molecular formula is C20H19ClFNO3S. The summed E-state index contributed by atoms with van der Waals surface area (Å²) >= 11 is 5.86. The van der Waals surface area contributed by atoms with Crippen LogP contribution in [0.25, 0.3) is 6.08 Å². The van der Waals surface area contributed by atoms with E-state index in [4.69, 9.17) is 11.6 Å². The van der Waals surface area contributed by atoms with Gasteiger partial charge in [-0.3, -0.25) is 4.79 Å². The number of carbonyl (C=O) groups is 1. The molecule has 2 aromatic rings. The zero-order valence-corrected chi connectivity index (χ0v) is 16.1. The summed E-state index contributed by atoms with van der Waals surface area (Å²) in [6.07, 6.45) is 3.50. The van der Waals surface area contributed by atoms with E-state index in [1.807, 2.05) is 0 Å². The second-order valence-electron chi connectivity index (χ2n) is 6.53. The first-order valence-electron chi connectivity index (χ1n) is 8.51. The van der Waals surface area contributed by atoms with Crippen LogP contribution >= 0.6 is 11.6 Å². The number of sulfone groups is 1. The minimum atomic E-state index is -3.14. The van der Waals surface area contributed by atoms with Gasteiger partial charge in [-0.25, -0.2) is 12.8 Å². The summed E-state index contributed by atoms with van der Waals surface area (Å²) in [7, 11) is -3.14. The normalized spacial score (nSPS) is 18.7. The molecule has 1 atom stereocenters. The SMILES string of the molecule is O=C(/C=C/c1ccc(Cl)cc1)N(Cc1ccc(F)cc1)[C@H]1CCS(=O)(=O)C1. The van der Waals surface area contributed by atoms with Crippen molar-refractivity contribution in [2.24, 2.45) is 0 Å². The molecule has 0 aromatic heterocycles. The Bertz CT molecular complexity index is 940. The Morgan fingerprint density at radius 2 is 1.81 bits per heavy atom. The molecule has 0 aliphatic carbocycles. The molecule has 0 bridgehead atoms. The molecule has 3 rings (SSSR count). The average molecular weight is 408 g/mol. The van der Waals surface area contributed by atoms with Crippen LogP contribution in [0, 0.1) is 5.82 Å². The molecule has 0 unspecified atom stereocenters. The number of rotatable bonds is 5. The van der Waals surface area contributed by atoms with E-state index in [-0.39, 0.29) is 35.8 Å². The van der Waals surface area contributed by atoms with Crippen molar-refractivity contribution in [3.63, 3.8) is 0 Å². The second kappa shape index (κ2) is 8.23. The van der Waals surface area contributed by atoms with Gasteiger partial charge < -0.3 is 4.90 Å². The first-order valence-corrected chi connectivity index (χ1v) is 10.7. The first-order chi connectivity index (χ1) is 12.8. The lowest BCUT2D eigenvalue weighted by atomic mass is 10.1. The number of amides is 1. The van der Waals surface area contributed by atoms with E-state index in [0.717, 1.165) is 11.1 Å². The summed E-state index contributed by atoms with van der Waals surface area (Å²) in [4.78, 5) is 14.3. The predicted molar refractivity (Wildman–Crippen MR) is 104 cm³/mol. The number of hydrogen-bond acceptors (Lipinski definition) is 3. The van der Waals surface area contributed by atoms with Crippen LogP contribution in [0.3, 0.4) is 0 Å². The molecule has 1 aliphatic heterocycles. The highest BCUT2D eigenvalue weighted by atomic mass is 35.5. The van der Waals surface area contributed by atoms with Gasteiger partial charge >= 0.3 is 0 Å². The quantitative estimate of drug-likeness (QED) is 0.710. The van der Waals surface area contributed by atoms with E-state index >= 15 is 0 Å². The van der Waals surface area contributed by atoms with Gasteiger partial charge in [-0.2, -0.15) is 0 Å². The van der Waals surface area contributed by atoms with Gasteiger partial charge in [0.05, 0.1) is 11.5 Å². The third-order valence-electron chi connectivity index (χ3n) is 4.49. The highest BCUT2D eigenvalue weighted by molar-refractivity contribution is 7.91. The molecule has 0 radical (unpaired) electrons. The third-order valence-corrected chi connectivity index (χ3v) is 6.49. The Labute approximate surface area is 163 Å². The molecule has 4 nitrogen and oxygen atoms in total. The van der Waals surface area contributed by atoms with Crippen LogP contribution in [-0.4, -0.2) is 36.8 Å². The van der Waals surface area contributed by atoms with Gasteiger partial charge in [0.1, 0.15) is 5.82 Å². The maximum Gasteiger partial charge on any atom is 0.247 e. The van der Waals surface area contributed by atoms with Crippen LogP contribution in [0.2, 0.25) is 5.02 Å². The lowest BCUT2D eigenvalue weighted by Gasteiger charge is -2.27. The van der Waals surface area contributed by atoms with Crippen LogP contribution in [0.15, 0.2) is 54.6 Å². The van der Waals surface area contributed by atoms with E-state index in [1.54, 1.807) is 47.4 Å². The summed E-state index contributed by atoms with van der Waals surface area (Å²) in [5.74, 6) is -0.611. The number of nitrogens with zero attached hydrogens (tertiary/aromatic N) is 1. The predicted octanol–water partition coefficient (Wildman–Crippen LogP) is 3.71. The standard InChI is InChI=1S/C20H19ClFNO3S/c21-17-6-1-15(2-7-17)5-10-20(24)23(19-11-12-27(25,26)14-19)13-16-3-8-18(22)9-4-16/h1-10,19H,11-14H2/b10-5+/t19-/m0/s1. The topological polar surface area (TPSA) is 54.5 Å². The van der Waals surface area contributed by atoms with Crippen molar-refractivity contribution in [1.29, 1.82) is 0 Å². The fourth-order valence-electron chi connectivity index (χ4n) is 3.03. The average Bonchev–Trinajstić information content (AvgIpc) is 3.00. The van der Waals surface area contributed by atoms with Crippen molar-refractivity contribution in [1.82, 2.24) is 4.90 Å². The van der Waals surface area contributed by atoms with E-state index in [9.17, 15) is 17.6 Å². The zero-order chi connectivity index (χ0) is 19.4. The summed E-state index contributed by atoms with van der Waals surface area (Å²) in [5, 5.41) is 0.604. The Morgan fingerprint density at radius 1 is 1.15 bits per heavy atom. The van der Waals surface area contributed by atoms with Gasteiger partial charge in [0.2, 0.25) is 5.91 Å². The Balaban J connectivity index is 1.80. The molecule has 1 heterocycles. The summed E-state index contributed by atoms with van der Waals surface area (Å²) in [5.41, 5.74) is 1.56. The van der Waals surface area contributed by atoms with E-state index in [2.05, 4.69) is 0 Å². The molecule has 1 fully saturated rings. The van der Waals surface area contributed by atoms with E-state index < -0.39 is 9.84 Å². The Morgan fingerprint density at radius 3 is 2.41 bits per heavy atom. The zero-order valence-electron chi connectivity index (χ0n) is 14.5. The van der Waals surface area contributed by atoms with Crippen molar-refractivity contribution in [2.45, 2.75) is 19.0 Å². The van der Waals surface area contributed by atoms with Crippen molar-refractivity contribution >= 4 is 33.4 Å². The number of halogens is 2. The number of carbonyl (C=O) groups excluding carboxylic acids is 1. The molecule has 0 N–H and O–H groups in total. The van der Waals surface area contributed by atoms with Gasteiger partial charge in [-0.05, 0) is 47.9 Å². The van der Waals surface area contributed by atoms with Crippen molar-refractivity contribution in [2.75, 3.05) is 11.5 Å². The molecule has 1 aliphatic rings. The summed E-state index contributed by atoms with van der Waals surface area (Å²) in [6.45, 7) is 0.226. The minimum Gasteiger partial charge on any atom is -0.331 e.